The van der Waals surface area contributed by atoms with Gasteiger partial charge in [-0.15, -0.1) is 0 Å². The van der Waals surface area contributed by atoms with Crippen LogP contribution in [0.25, 0.3) is 0 Å². The number of hydrogen-bond acceptors (Lipinski definition) is 6. The first-order valence-electron chi connectivity index (χ1n) is 10.5. The van der Waals surface area contributed by atoms with Crippen molar-refractivity contribution in [2.45, 2.75) is 59.2 Å². The molecule has 0 aromatic heterocycles. The number of rotatable bonds is 6. The fourth-order valence-corrected chi connectivity index (χ4v) is 2.67. The summed E-state index contributed by atoms with van der Waals surface area (Å²) in [5.74, 6) is -0.695. The summed E-state index contributed by atoms with van der Waals surface area (Å²) in [4.78, 5) is 48.6. The predicted molar refractivity (Wildman–Crippen MR) is 126 cm³/mol. The molecule has 0 bridgehead atoms. The number of anilines is 2. The molecule has 2 amide bonds. The Morgan fingerprint density at radius 3 is 1.18 bits per heavy atom. The summed E-state index contributed by atoms with van der Waals surface area (Å²) >= 11 is 0. The molecule has 0 unspecified atom stereocenters. The van der Waals surface area contributed by atoms with Gasteiger partial charge in [0.1, 0.15) is 11.2 Å². The second-order valence-corrected chi connectivity index (χ2v) is 9.43. The van der Waals surface area contributed by atoms with E-state index in [-0.39, 0.29) is 18.0 Å². The van der Waals surface area contributed by atoms with Gasteiger partial charge in [0.2, 0.25) is 0 Å². The third kappa shape index (κ3) is 9.14. The summed E-state index contributed by atoms with van der Waals surface area (Å²) in [6, 6.07) is 12.4. The highest BCUT2D eigenvalue weighted by Gasteiger charge is 2.18. The van der Waals surface area contributed by atoms with Crippen molar-refractivity contribution in [3.8, 4) is 0 Å². The van der Waals surface area contributed by atoms with Crippen LogP contribution >= 0.6 is 0 Å². The number of ketones is 2. The van der Waals surface area contributed by atoms with Crippen molar-refractivity contribution in [3.05, 3.63) is 59.7 Å². The van der Waals surface area contributed by atoms with E-state index in [4.69, 9.17) is 9.47 Å². The largest absolute Gasteiger partial charge is 0.444 e. The first-order valence-corrected chi connectivity index (χ1v) is 10.5. The quantitative estimate of drug-likeness (QED) is 0.419. The van der Waals surface area contributed by atoms with Crippen molar-refractivity contribution in [1.29, 1.82) is 0 Å². The molecule has 2 N–H and O–H groups in total. The Bertz CT molecular complexity index is 929. The van der Waals surface area contributed by atoms with Crippen molar-refractivity contribution in [3.63, 3.8) is 0 Å². The van der Waals surface area contributed by atoms with E-state index in [2.05, 4.69) is 10.6 Å². The molecule has 2 aromatic carbocycles. The van der Waals surface area contributed by atoms with Crippen molar-refractivity contribution < 1.29 is 28.7 Å². The minimum Gasteiger partial charge on any atom is -0.444 e. The monoisotopic (exact) mass is 454 g/mol. The summed E-state index contributed by atoms with van der Waals surface area (Å²) < 4.78 is 10.4. The summed E-state index contributed by atoms with van der Waals surface area (Å²) in [5, 5.41) is 5.17. The van der Waals surface area contributed by atoms with Gasteiger partial charge in [0, 0.05) is 22.5 Å². The van der Waals surface area contributed by atoms with Gasteiger partial charge in [-0.3, -0.25) is 20.2 Å². The Hall–Kier alpha value is -3.68. The molecule has 0 aliphatic rings. The summed E-state index contributed by atoms with van der Waals surface area (Å²) in [5.41, 5.74) is 0.400. The maximum absolute atomic E-state index is 12.5. The number of amides is 2. The van der Waals surface area contributed by atoms with Crippen LogP contribution in [0, 0.1) is 0 Å². The number of benzene rings is 2. The van der Waals surface area contributed by atoms with E-state index >= 15 is 0 Å². The smallest absolute Gasteiger partial charge is 0.412 e. The molecule has 0 heterocycles. The lowest BCUT2D eigenvalue weighted by atomic mass is 10.0. The Morgan fingerprint density at radius 2 is 0.909 bits per heavy atom. The van der Waals surface area contributed by atoms with E-state index in [1.807, 2.05) is 0 Å². The predicted octanol–water partition coefficient (Wildman–Crippen LogP) is 5.84. The molecule has 2 rings (SSSR count). The molecule has 0 aliphatic heterocycles. The average Bonchev–Trinajstić information content (AvgIpc) is 2.66. The van der Waals surface area contributed by atoms with Gasteiger partial charge in [0.25, 0.3) is 0 Å². The molecule has 0 aliphatic carbocycles. The molecule has 0 saturated carbocycles. The zero-order valence-electron chi connectivity index (χ0n) is 19.8. The van der Waals surface area contributed by atoms with Crippen molar-refractivity contribution in [2.24, 2.45) is 0 Å². The van der Waals surface area contributed by atoms with Crippen LogP contribution in [0.1, 0.15) is 68.7 Å². The van der Waals surface area contributed by atoms with E-state index in [1.165, 1.54) is 24.3 Å². The van der Waals surface area contributed by atoms with E-state index in [0.717, 1.165) is 0 Å². The number of carbonyl (C=O) groups excluding carboxylic acids is 4. The van der Waals surface area contributed by atoms with Gasteiger partial charge in [0.15, 0.2) is 11.6 Å². The molecule has 176 valence electrons. The Kier molecular flexibility index (Phi) is 7.98. The van der Waals surface area contributed by atoms with Crippen LogP contribution in [0.15, 0.2) is 48.5 Å². The lowest BCUT2D eigenvalue weighted by Gasteiger charge is -2.19. The molecule has 0 radical (unpaired) electrons. The fourth-order valence-electron chi connectivity index (χ4n) is 2.67. The van der Waals surface area contributed by atoms with Crippen molar-refractivity contribution >= 4 is 35.1 Å². The Balaban J connectivity index is 1.92. The van der Waals surface area contributed by atoms with Crippen molar-refractivity contribution in [2.75, 3.05) is 10.6 Å². The van der Waals surface area contributed by atoms with Crippen LogP contribution in [-0.4, -0.2) is 35.0 Å². The van der Waals surface area contributed by atoms with Crippen LogP contribution in [0.5, 0.6) is 0 Å². The van der Waals surface area contributed by atoms with E-state index in [9.17, 15) is 19.2 Å². The van der Waals surface area contributed by atoms with Crippen LogP contribution in [0.4, 0.5) is 21.0 Å². The second-order valence-electron chi connectivity index (χ2n) is 9.43. The van der Waals surface area contributed by atoms with E-state index in [1.54, 1.807) is 65.8 Å². The highest BCUT2D eigenvalue weighted by atomic mass is 16.6. The van der Waals surface area contributed by atoms with E-state index < -0.39 is 23.4 Å². The Morgan fingerprint density at radius 1 is 0.606 bits per heavy atom. The van der Waals surface area contributed by atoms with Crippen LogP contribution < -0.4 is 10.6 Å². The molecule has 0 atom stereocenters. The maximum atomic E-state index is 12.5. The highest BCUT2D eigenvalue weighted by Crippen LogP contribution is 2.17. The average molecular weight is 455 g/mol. The van der Waals surface area contributed by atoms with E-state index in [0.29, 0.717) is 22.5 Å². The first kappa shape index (κ1) is 25.6. The molecule has 0 spiro atoms. The maximum Gasteiger partial charge on any atom is 0.412 e. The molecular weight excluding hydrogens is 424 g/mol. The van der Waals surface area contributed by atoms with Gasteiger partial charge >= 0.3 is 12.2 Å². The number of nitrogens with one attached hydrogen (secondary N) is 2. The molecule has 33 heavy (non-hydrogen) atoms. The summed E-state index contributed by atoms with van der Waals surface area (Å²) in [6.45, 7) is 10.6. The second kappa shape index (κ2) is 10.3. The molecule has 8 heteroatoms. The zero-order chi connectivity index (χ0) is 24.8. The standard InChI is InChI=1S/C25H30N2O6/c1-24(2,3)32-22(30)26-18-11-7-16(8-12-18)20(28)15-21(29)17-9-13-19(14-10-17)27-23(31)33-25(4,5)6/h7-14H,15H2,1-6H3,(H,26,30)(H,27,31). The zero-order valence-corrected chi connectivity index (χ0v) is 19.8. The van der Waals surface area contributed by atoms with Gasteiger partial charge in [-0.2, -0.15) is 0 Å². The third-order valence-electron chi connectivity index (χ3n) is 4.03. The lowest BCUT2D eigenvalue weighted by Crippen LogP contribution is -2.27. The van der Waals surface area contributed by atoms with Crippen LogP contribution in [0.3, 0.4) is 0 Å². The SMILES string of the molecule is CC(C)(C)OC(=O)Nc1ccc(C(=O)CC(=O)c2ccc(NC(=O)OC(C)(C)C)cc2)cc1. The summed E-state index contributed by atoms with van der Waals surface area (Å²) in [7, 11) is 0. The highest BCUT2D eigenvalue weighted by molar-refractivity contribution is 6.13. The minimum atomic E-state index is -0.621. The van der Waals surface area contributed by atoms with Gasteiger partial charge < -0.3 is 9.47 Å². The number of ether oxygens (including phenoxy) is 2. The van der Waals surface area contributed by atoms with Crippen molar-refractivity contribution in [1.82, 2.24) is 0 Å². The first-order chi connectivity index (χ1) is 15.2. The topological polar surface area (TPSA) is 111 Å². The normalized spacial score (nSPS) is 11.3. The van der Waals surface area contributed by atoms with Gasteiger partial charge in [-0.05, 0) is 90.1 Å². The third-order valence-corrected chi connectivity index (χ3v) is 4.03. The lowest BCUT2D eigenvalue weighted by molar-refractivity contribution is 0.0624. The minimum absolute atomic E-state index is 0.308. The van der Waals surface area contributed by atoms with Gasteiger partial charge in [-0.25, -0.2) is 9.59 Å². The van der Waals surface area contributed by atoms with Gasteiger partial charge in [0.05, 0.1) is 6.42 Å². The number of hydrogen-bond donors (Lipinski definition) is 2. The number of carbonyl (C=O) groups is 4. The molecule has 8 nitrogen and oxygen atoms in total. The Labute approximate surface area is 193 Å². The summed E-state index contributed by atoms with van der Waals surface area (Å²) in [6.07, 6.45) is -1.50. The fraction of sp³-hybridized carbons (Fsp3) is 0.360. The van der Waals surface area contributed by atoms with Gasteiger partial charge in [-0.1, -0.05) is 0 Å². The van der Waals surface area contributed by atoms with Crippen LogP contribution in [-0.2, 0) is 9.47 Å². The molecule has 0 fully saturated rings. The molecule has 0 saturated heterocycles. The molecule has 2 aromatic rings. The number of Topliss-reactive ketones (excluding diaryl/α,β-unsaturated/α-hetero) is 2. The molecular formula is C25H30N2O6. The van der Waals surface area contributed by atoms with Crippen LogP contribution in [0.2, 0.25) is 0 Å².